The third kappa shape index (κ3) is 8.84. The van der Waals surface area contributed by atoms with Gasteiger partial charge in [-0.05, 0) is 12.1 Å². The Hall–Kier alpha value is -3.34. The van der Waals surface area contributed by atoms with Crippen molar-refractivity contribution in [3.8, 4) is 0 Å². The zero-order valence-electron chi connectivity index (χ0n) is 24.4. The number of hydrogen-bond acceptors (Lipinski definition) is 1. The van der Waals surface area contributed by atoms with Crippen LogP contribution in [0.1, 0.15) is 0 Å². The average molecular weight is 590 g/mol. The summed E-state index contributed by atoms with van der Waals surface area (Å²) >= 11 is -2.00. The van der Waals surface area contributed by atoms with Crippen molar-refractivity contribution in [2.75, 3.05) is 19.0 Å². The summed E-state index contributed by atoms with van der Waals surface area (Å²) in [5.74, 6) is 4.90. The summed E-state index contributed by atoms with van der Waals surface area (Å²) < 4.78 is 3.09. The van der Waals surface area contributed by atoms with Crippen molar-refractivity contribution in [2.24, 2.45) is 0 Å². The minimum absolute atomic E-state index is 1.25. The molecule has 0 bridgehead atoms. The van der Waals surface area contributed by atoms with E-state index in [1.807, 2.05) is 32.3 Å². The first kappa shape index (κ1) is 30.2. The minimum atomic E-state index is -2.00. The molecule has 0 aliphatic carbocycles. The van der Waals surface area contributed by atoms with Crippen molar-refractivity contribution in [1.29, 1.82) is 0 Å². The molecule has 5 rings (SSSR count). The summed E-state index contributed by atoms with van der Waals surface area (Å²) in [5.41, 5.74) is 1.25. The zero-order valence-corrected chi connectivity index (χ0v) is 27.5. The van der Waals surface area contributed by atoms with Crippen LogP contribution in [-0.4, -0.2) is 35.4 Å². The topological polar surface area (TPSA) is 3.24 Å². The molecule has 0 amide bonds. The van der Waals surface area contributed by atoms with Gasteiger partial charge >= 0.3 is 94.2 Å². The quantitative estimate of drug-likeness (QED) is 0.204. The molecule has 0 unspecified atom stereocenters. The maximum atomic E-state index is 2.45. The van der Waals surface area contributed by atoms with Crippen molar-refractivity contribution in [3.63, 3.8) is 0 Å². The second-order valence-corrected chi connectivity index (χ2v) is 24.6. The Labute approximate surface area is 240 Å². The SMILES string of the molecule is CN(C)c1ccccc1.C[Si](C)(c1ccccc1)c1ccccc1.[CH3][Ge]([CH3])([c]1ccccc1)[c]1ccccc1. The molecular formula is C36H43GeNSi. The van der Waals surface area contributed by atoms with Crippen molar-refractivity contribution in [3.05, 3.63) is 152 Å². The van der Waals surface area contributed by atoms with Gasteiger partial charge in [-0.15, -0.1) is 0 Å². The van der Waals surface area contributed by atoms with Gasteiger partial charge in [0, 0.05) is 19.8 Å². The molecule has 0 heterocycles. The van der Waals surface area contributed by atoms with Gasteiger partial charge in [0.15, 0.2) is 0 Å². The second-order valence-electron chi connectivity index (χ2n) is 10.9. The van der Waals surface area contributed by atoms with Crippen molar-refractivity contribution in [2.45, 2.75) is 24.6 Å². The molecule has 0 spiro atoms. The summed E-state index contributed by atoms with van der Waals surface area (Å²) in [6.45, 7) is 4.80. The van der Waals surface area contributed by atoms with Crippen LogP contribution in [0.3, 0.4) is 0 Å². The fourth-order valence-electron chi connectivity index (χ4n) is 4.48. The van der Waals surface area contributed by atoms with E-state index in [1.165, 1.54) is 16.1 Å². The molecule has 0 aliphatic heterocycles. The molecule has 3 heteroatoms. The van der Waals surface area contributed by atoms with E-state index >= 15 is 0 Å². The molecule has 0 atom stereocenters. The van der Waals surface area contributed by atoms with Gasteiger partial charge in [-0.25, -0.2) is 0 Å². The van der Waals surface area contributed by atoms with Gasteiger partial charge in [0.2, 0.25) is 0 Å². The van der Waals surface area contributed by atoms with Crippen LogP contribution in [0.5, 0.6) is 0 Å². The van der Waals surface area contributed by atoms with Crippen LogP contribution in [0.4, 0.5) is 5.69 Å². The summed E-state index contributed by atoms with van der Waals surface area (Å²) in [6, 6.07) is 53.8. The summed E-state index contributed by atoms with van der Waals surface area (Å²) in [6.07, 6.45) is 0. The van der Waals surface area contributed by atoms with Crippen LogP contribution < -0.4 is 24.1 Å². The van der Waals surface area contributed by atoms with E-state index in [4.69, 9.17) is 0 Å². The van der Waals surface area contributed by atoms with E-state index in [9.17, 15) is 0 Å². The Morgan fingerprint density at radius 2 is 0.718 bits per heavy atom. The molecule has 0 radical (unpaired) electrons. The molecule has 39 heavy (non-hydrogen) atoms. The Kier molecular flexibility index (Phi) is 11.4. The van der Waals surface area contributed by atoms with Gasteiger partial charge in [0.1, 0.15) is 8.07 Å². The van der Waals surface area contributed by atoms with E-state index < -0.39 is 21.3 Å². The van der Waals surface area contributed by atoms with E-state index in [1.54, 1.807) is 8.79 Å². The number of rotatable bonds is 5. The maximum absolute atomic E-state index is 2.45. The van der Waals surface area contributed by atoms with Gasteiger partial charge in [0.25, 0.3) is 0 Å². The van der Waals surface area contributed by atoms with E-state index in [0.717, 1.165) is 0 Å². The molecule has 1 nitrogen and oxygen atoms in total. The predicted octanol–water partition coefficient (Wildman–Crippen LogP) is 6.77. The van der Waals surface area contributed by atoms with E-state index in [0.29, 0.717) is 0 Å². The number of hydrogen-bond donors (Lipinski definition) is 0. The molecule has 5 aromatic rings. The molecule has 0 fully saturated rings. The summed E-state index contributed by atoms with van der Waals surface area (Å²) in [7, 11) is 2.62. The number of para-hydroxylation sites is 1. The van der Waals surface area contributed by atoms with Gasteiger partial charge < -0.3 is 4.90 Å². The fraction of sp³-hybridized carbons (Fsp3) is 0.167. The molecule has 0 N–H and O–H groups in total. The van der Waals surface area contributed by atoms with Crippen LogP contribution in [0.2, 0.25) is 24.6 Å². The van der Waals surface area contributed by atoms with Crippen molar-refractivity contribution in [1.82, 2.24) is 0 Å². The van der Waals surface area contributed by atoms with Crippen molar-refractivity contribution < 1.29 is 0 Å². The Bertz CT molecular complexity index is 1170. The third-order valence-electron chi connectivity index (χ3n) is 7.25. The normalized spacial score (nSPS) is 10.8. The van der Waals surface area contributed by atoms with Crippen LogP contribution in [0.15, 0.2) is 152 Å². The second kappa shape index (κ2) is 14.7. The van der Waals surface area contributed by atoms with Crippen molar-refractivity contribution >= 4 is 46.2 Å². The molecule has 0 saturated heterocycles. The van der Waals surface area contributed by atoms with Crippen LogP contribution in [0, 0.1) is 0 Å². The third-order valence-corrected chi connectivity index (χ3v) is 18.3. The zero-order chi connectivity index (χ0) is 28.1. The Balaban J connectivity index is 0.000000167. The Morgan fingerprint density at radius 1 is 0.436 bits per heavy atom. The molecular weight excluding hydrogens is 547 g/mol. The summed E-state index contributed by atoms with van der Waals surface area (Å²) in [5, 5.41) is 2.99. The summed E-state index contributed by atoms with van der Waals surface area (Å²) in [4.78, 5) is 2.08. The first-order valence-corrected chi connectivity index (χ1v) is 23.0. The standard InChI is InChI=1S/C14H16Ge.C14H16Si.C8H11N/c2*1-15(2,13-9-5-3-6-10-13)14-11-7-4-8-12-14;1-9(2)8-6-4-3-5-7-8/h2*3-12H,1-2H3;3-7H,1-2H3. The molecule has 5 aromatic carbocycles. The van der Waals surface area contributed by atoms with Gasteiger partial charge in [-0.2, -0.15) is 0 Å². The first-order chi connectivity index (χ1) is 18.7. The molecule has 0 aromatic heterocycles. The van der Waals surface area contributed by atoms with Gasteiger partial charge in [-0.3, -0.25) is 0 Å². The fourth-order valence-corrected chi connectivity index (χ4v) is 11.9. The van der Waals surface area contributed by atoms with Gasteiger partial charge in [-0.1, -0.05) is 102 Å². The van der Waals surface area contributed by atoms with E-state index in [-0.39, 0.29) is 0 Å². The Morgan fingerprint density at radius 3 is 1.00 bits per heavy atom. The number of benzene rings is 5. The first-order valence-electron chi connectivity index (χ1n) is 13.7. The molecule has 0 saturated carbocycles. The molecule has 0 aliphatic rings. The number of anilines is 1. The predicted molar refractivity (Wildman–Crippen MR) is 180 cm³/mol. The average Bonchev–Trinajstić information content (AvgIpc) is 3.00. The van der Waals surface area contributed by atoms with Crippen LogP contribution in [0.25, 0.3) is 0 Å². The number of nitrogens with zero attached hydrogens (tertiary/aromatic N) is 1. The van der Waals surface area contributed by atoms with E-state index in [2.05, 4.69) is 163 Å². The van der Waals surface area contributed by atoms with Crippen LogP contribution >= 0.6 is 0 Å². The molecule has 200 valence electrons. The van der Waals surface area contributed by atoms with Gasteiger partial charge in [0.05, 0.1) is 0 Å². The van der Waals surface area contributed by atoms with Crippen LogP contribution in [-0.2, 0) is 0 Å². The monoisotopic (exact) mass is 591 g/mol.